The lowest BCUT2D eigenvalue weighted by atomic mass is 10.3. The molecule has 0 unspecified atom stereocenters. The van der Waals surface area contributed by atoms with Crippen LogP contribution in [0.2, 0.25) is 10.0 Å². The van der Waals surface area contributed by atoms with Gasteiger partial charge in [-0.25, -0.2) is 12.8 Å². The molecule has 9 heteroatoms. The van der Waals surface area contributed by atoms with Gasteiger partial charge < -0.3 is 5.32 Å². The fourth-order valence-electron chi connectivity index (χ4n) is 1.95. The third-order valence-electron chi connectivity index (χ3n) is 3.04. The van der Waals surface area contributed by atoms with Crippen molar-refractivity contribution in [1.29, 1.82) is 0 Å². The number of nitrogens with one attached hydrogen (secondary N) is 1. The molecule has 0 radical (unpaired) electrons. The summed E-state index contributed by atoms with van der Waals surface area (Å²) < 4.78 is 38.4. The maximum Gasteiger partial charge on any atom is 0.245 e. The highest BCUT2D eigenvalue weighted by Crippen LogP contribution is 2.33. The maximum atomic E-state index is 13.6. The van der Waals surface area contributed by atoms with E-state index in [4.69, 9.17) is 23.2 Å². The van der Waals surface area contributed by atoms with Crippen LogP contribution in [0.1, 0.15) is 0 Å². The number of hydrogen-bond acceptors (Lipinski definition) is 3. The van der Waals surface area contributed by atoms with E-state index < -0.39 is 28.3 Å². The molecule has 0 aliphatic carbocycles. The first-order valence-corrected chi connectivity index (χ1v) is 9.26. The average molecular weight is 391 g/mol. The summed E-state index contributed by atoms with van der Waals surface area (Å²) in [4.78, 5) is 12.1. The Hall–Kier alpha value is -1.83. The molecule has 0 saturated carbocycles. The zero-order chi connectivity index (χ0) is 17.9. The van der Waals surface area contributed by atoms with Gasteiger partial charge in [0.15, 0.2) is 0 Å². The molecule has 24 heavy (non-hydrogen) atoms. The van der Waals surface area contributed by atoms with Crippen LogP contribution in [0, 0.1) is 5.82 Å². The van der Waals surface area contributed by atoms with Crippen LogP contribution >= 0.6 is 23.2 Å². The number of anilines is 2. The second kappa shape index (κ2) is 7.38. The number of carbonyl (C=O) groups excluding carboxylic acids is 1. The summed E-state index contributed by atoms with van der Waals surface area (Å²) in [7, 11) is -3.82. The highest BCUT2D eigenvalue weighted by molar-refractivity contribution is 7.92. The van der Waals surface area contributed by atoms with Crippen LogP contribution in [0.3, 0.4) is 0 Å². The van der Waals surface area contributed by atoms with E-state index in [0.29, 0.717) is 0 Å². The van der Waals surface area contributed by atoms with Gasteiger partial charge in [0.25, 0.3) is 0 Å². The Balaban J connectivity index is 2.29. The third-order valence-corrected chi connectivity index (χ3v) is 4.97. The molecule has 0 atom stereocenters. The number of hydrogen-bond donors (Lipinski definition) is 1. The summed E-state index contributed by atoms with van der Waals surface area (Å²) >= 11 is 11.9. The lowest BCUT2D eigenvalue weighted by Gasteiger charge is -2.23. The summed E-state index contributed by atoms with van der Waals surface area (Å²) in [5, 5.41) is 2.47. The predicted molar refractivity (Wildman–Crippen MR) is 93.7 cm³/mol. The van der Waals surface area contributed by atoms with E-state index in [-0.39, 0.29) is 21.4 Å². The second-order valence-corrected chi connectivity index (χ2v) is 7.56. The van der Waals surface area contributed by atoms with Crippen LogP contribution in [-0.4, -0.2) is 27.1 Å². The Morgan fingerprint density at radius 2 is 1.83 bits per heavy atom. The van der Waals surface area contributed by atoms with E-state index in [0.717, 1.165) is 10.6 Å². The van der Waals surface area contributed by atoms with E-state index in [2.05, 4.69) is 5.32 Å². The van der Waals surface area contributed by atoms with Crippen molar-refractivity contribution in [3.8, 4) is 0 Å². The van der Waals surface area contributed by atoms with Crippen LogP contribution in [0.5, 0.6) is 0 Å². The van der Waals surface area contributed by atoms with Crippen molar-refractivity contribution in [2.24, 2.45) is 0 Å². The number of rotatable bonds is 5. The Kier molecular flexibility index (Phi) is 5.69. The number of sulfonamides is 1. The van der Waals surface area contributed by atoms with E-state index in [1.807, 2.05) is 0 Å². The first kappa shape index (κ1) is 18.5. The zero-order valence-corrected chi connectivity index (χ0v) is 14.8. The highest BCUT2D eigenvalue weighted by atomic mass is 35.5. The SMILES string of the molecule is CS(=O)(=O)N(CC(=O)Nc1ccccc1F)c1cccc(Cl)c1Cl. The van der Waals surface area contributed by atoms with Crippen LogP contribution in [0.4, 0.5) is 15.8 Å². The molecule has 128 valence electrons. The van der Waals surface area contributed by atoms with Gasteiger partial charge in [-0.2, -0.15) is 0 Å². The van der Waals surface area contributed by atoms with Gasteiger partial charge in [0.1, 0.15) is 12.4 Å². The molecule has 0 fully saturated rings. The Labute approximate surface area is 149 Å². The molecule has 0 heterocycles. The van der Waals surface area contributed by atoms with E-state index in [9.17, 15) is 17.6 Å². The van der Waals surface area contributed by atoms with Crippen LogP contribution in [0.25, 0.3) is 0 Å². The molecule has 0 bridgehead atoms. The lowest BCUT2D eigenvalue weighted by molar-refractivity contribution is -0.114. The maximum absolute atomic E-state index is 13.6. The van der Waals surface area contributed by atoms with Crippen LogP contribution < -0.4 is 9.62 Å². The van der Waals surface area contributed by atoms with Crippen molar-refractivity contribution in [2.75, 3.05) is 22.4 Å². The summed E-state index contributed by atoms with van der Waals surface area (Å²) in [5.41, 5.74) is 0.0171. The molecular weight excluding hydrogens is 378 g/mol. The van der Waals surface area contributed by atoms with Crippen LogP contribution in [0.15, 0.2) is 42.5 Å². The predicted octanol–water partition coefficient (Wildman–Crippen LogP) is 3.54. The molecule has 0 aliphatic heterocycles. The van der Waals surface area contributed by atoms with Crippen molar-refractivity contribution in [1.82, 2.24) is 0 Å². The highest BCUT2D eigenvalue weighted by Gasteiger charge is 2.24. The summed E-state index contributed by atoms with van der Waals surface area (Å²) in [5.74, 6) is -1.35. The molecule has 1 amide bonds. The first-order chi connectivity index (χ1) is 11.2. The summed E-state index contributed by atoms with van der Waals surface area (Å²) in [6.45, 7) is -0.576. The largest absolute Gasteiger partial charge is 0.322 e. The van der Waals surface area contributed by atoms with Gasteiger partial charge >= 0.3 is 0 Å². The van der Waals surface area contributed by atoms with E-state index >= 15 is 0 Å². The monoisotopic (exact) mass is 390 g/mol. The minimum Gasteiger partial charge on any atom is -0.322 e. The second-order valence-electron chi connectivity index (χ2n) is 4.87. The molecule has 5 nitrogen and oxygen atoms in total. The van der Waals surface area contributed by atoms with Crippen molar-refractivity contribution in [3.05, 3.63) is 58.3 Å². The molecule has 2 aromatic carbocycles. The lowest BCUT2D eigenvalue weighted by Crippen LogP contribution is -2.37. The van der Waals surface area contributed by atoms with Crippen molar-refractivity contribution >= 4 is 50.5 Å². The molecule has 0 aliphatic rings. The Morgan fingerprint density at radius 1 is 1.17 bits per heavy atom. The van der Waals surface area contributed by atoms with Gasteiger partial charge in [0.2, 0.25) is 15.9 Å². The van der Waals surface area contributed by atoms with Crippen molar-refractivity contribution in [2.45, 2.75) is 0 Å². The topological polar surface area (TPSA) is 66.5 Å². The smallest absolute Gasteiger partial charge is 0.245 e. The minimum atomic E-state index is -3.82. The quantitative estimate of drug-likeness (QED) is 0.848. The summed E-state index contributed by atoms with van der Waals surface area (Å²) in [6.07, 6.45) is 0.931. The normalized spacial score (nSPS) is 11.2. The van der Waals surface area contributed by atoms with Gasteiger partial charge in [0.05, 0.1) is 27.7 Å². The van der Waals surface area contributed by atoms with E-state index in [1.54, 1.807) is 6.07 Å². The molecule has 2 aromatic rings. The third kappa shape index (κ3) is 4.37. The number of benzene rings is 2. The molecule has 2 rings (SSSR count). The number of carbonyl (C=O) groups is 1. The van der Waals surface area contributed by atoms with Crippen molar-refractivity contribution < 1.29 is 17.6 Å². The fourth-order valence-corrected chi connectivity index (χ4v) is 3.26. The van der Waals surface area contributed by atoms with Gasteiger partial charge in [-0.15, -0.1) is 0 Å². The summed E-state index contributed by atoms with van der Waals surface area (Å²) in [6, 6.07) is 9.98. The van der Waals surface area contributed by atoms with Gasteiger partial charge in [-0.3, -0.25) is 9.10 Å². The van der Waals surface area contributed by atoms with Gasteiger partial charge in [0, 0.05) is 0 Å². The minimum absolute atomic E-state index is 0.00304. The molecule has 0 aromatic heterocycles. The fraction of sp³-hybridized carbons (Fsp3) is 0.133. The Bertz CT molecular complexity index is 875. The molecule has 0 spiro atoms. The van der Waals surface area contributed by atoms with Gasteiger partial charge in [-0.05, 0) is 24.3 Å². The number of nitrogens with zero attached hydrogens (tertiary/aromatic N) is 1. The number of halogens is 3. The first-order valence-electron chi connectivity index (χ1n) is 6.66. The van der Waals surface area contributed by atoms with E-state index in [1.165, 1.54) is 36.4 Å². The average Bonchev–Trinajstić information content (AvgIpc) is 2.49. The number of para-hydroxylation sites is 1. The molecular formula is C15H13Cl2FN2O3S. The van der Waals surface area contributed by atoms with Crippen molar-refractivity contribution in [3.63, 3.8) is 0 Å². The Morgan fingerprint density at radius 3 is 2.46 bits per heavy atom. The number of amides is 1. The van der Waals surface area contributed by atoms with Crippen LogP contribution in [-0.2, 0) is 14.8 Å². The molecule has 1 N–H and O–H groups in total. The molecule has 0 saturated heterocycles. The zero-order valence-electron chi connectivity index (χ0n) is 12.5. The standard InChI is InChI=1S/C15H13Cl2FN2O3S/c1-24(22,23)20(13-8-4-5-10(16)15(13)17)9-14(21)19-12-7-3-2-6-11(12)18/h2-8H,9H2,1H3,(H,19,21). The van der Waals surface area contributed by atoms with Gasteiger partial charge in [-0.1, -0.05) is 41.4 Å².